The molecule has 0 heterocycles. The molecule has 0 fully saturated rings. The Labute approximate surface area is 232 Å². The number of benzene rings is 3. The minimum atomic E-state index is -4.07. The average molecular weight is 550 g/mol. The van der Waals surface area contributed by atoms with Crippen molar-refractivity contribution in [3.8, 4) is 0 Å². The van der Waals surface area contributed by atoms with E-state index in [4.69, 9.17) is 0 Å². The summed E-state index contributed by atoms with van der Waals surface area (Å²) in [6.07, 6.45) is 1.29. The van der Waals surface area contributed by atoms with E-state index < -0.39 is 28.5 Å². The number of amides is 2. The Bertz CT molecular complexity index is 1360. The molecule has 8 heteroatoms. The van der Waals surface area contributed by atoms with E-state index >= 15 is 0 Å². The number of hydrogen-bond acceptors (Lipinski definition) is 4. The largest absolute Gasteiger partial charge is 0.352 e. The van der Waals surface area contributed by atoms with Crippen LogP contribution in [0.15, 0.2) is 83.8 Å². The molecule has 7 nitrogen and oxygen atoms in total. The number of hydrogen-bond donors (Lipinski definition) is 1. The van der Waals surface area contributed by atoms with Gasteiger partial charge in [0.05, 0.1) is 10.6 Å². The van der Waals surface area contributed by atoms with E-state index in [0.717, 1.165) is 27.4 Å². The van der Waals surface area contributed by atoms with Crippen molar-refractivity contribution in [1.29, 1.82) is 0 Å². The van der Waals surface area contributed by atoms with Gasteiger partial charge in [-0.15, -0.1) is 0 Å². The first-order valence-corrected chi connectivity index (χ1v) is 14.8. The summed E-state index contributed by atoms with van der Waals surface area (Å²) in [7, 11) is -4.07. The van der Waals surface area contributed by atoms with E-state index in [0.29, 0.717) is 12.1 Å². The van der Waals surface area contributed by atoms with Gasteiger partial charge >= 0.3 is 0 Å². The molecule has 39 heavy (non-hydrogen) atoms. The Balaban J connectivity index is 1.99. The molecular weight excluding hydrogens is 510 g/mol. The van der Waals surface area contributed by atoms with Crippen LogP contribution in [0.2, 0.25) is 0 Å². The van der Waals surface area contributed by atoms with Gasteiger partial charge in [-0.25, -0.2) is 8.42 Å². The highest BCUT2D eigenvalue weighted by Gasteiger charge is 2.33. The standard InChI is InChI=1S/C31H39N3O4S/c1-6-25(4)32-31(36)26(5)33(20-19-27-13-9-7-10-14-27)30(35)22-34(29-18-17-23(2)21-24(29)3)39(37,38)28-15-11-8-12-16-28/h7-18,21,25-26H,6,19-20,22H2,1-5H3,(H,32,36)/t25-,26+/m1/s1. The summed E-state index contributed by atoms with van der Waals surface area (Å²) in [4.78, 5) is 28.6. The summed E-state index contributed by atoms with van der Waals surface area (Å²) in [5.41, 5.74) is 3.17. The van der Waals surface area contributed by atoms with Gasteiger partial charge in [0.25, 0.3) is 10.0 Å². The lowest BCUT2D eigenvalue weighted by Crippen LogP contribution is -2.53. The third-order valence-electron chi connectivity index (χ3n) is 6.88. The van der Waals surface area contributed by atoms with E-state index in [-0.39, 0.29) is 23.4 Å². The van der Waals surface area contributed by atoms with E-state index in [1.807, 2.05) is 70.2 Å². The van der Waals surface area contributed by atoms with Crippen LogP contribution in [0.25, 0.3) is 0 Å². The molecule has 3 rings (SSSR count). The molecule has 0 saturated carbocycles. The maximum atomic E-state index is 13.9. The van der Waals surface area contributed by atoms with Crippen molar-refractivity contribution >= 4 is 27.5 Å². The highest BCUT2D eigenvalue weighted by Crippen LogP contribution is 2.28. The zero-order chi connectivity index (χ0) is 28.6. The van der Waals surface area contributed by atoms with Gasteiger partial charge in [-0.1, -0.05) is 73.2 Å². The van der Waals surface area contributed by atoms with Crippen LogP contribution in [0.1, 0.15) is 43.9 Å². The Morgan fingerprint density at radius 1 is 0.897 bits per heavy atom. The van der Waals surface area contributed by atoms with Crippen molar-refractivity contribution in [3.63, 3.8) is 0 Å². The van der Waals surface area contributed by atoms with Crippen molar-refractivity contribution in [2.75, 3.05) is 17.4 Å². The molecule has 2 atom stereocenters. The summed E-state index contributed by atoms with van der Waals surface area (Å²) >= 11 is 0. The molecule has 3 aromatic carbocycles. The highest BCUT2D eigenvalue weighted by molar-refractivity contribution is 7.92. The van der Waals surface area contributed by atoms with Crippen molar-refractivity contribution in [2.45, 2.75) is 64.4 Å². The molecule has 2 amide bonds. The zero-order valence-electron chi connectivity index (χ0n) is 23.4. The number of carbonyl (C=O) groups excluding carboxylic acids is 2. The van der Waals surface area contributed by atoms with Gasteiger partial charge in [0, 0.05) is 12.6 Å². The monoisotopic (exact) mass is 549 g/mol. The van der Waals surface area contributed by atoms with Gasteiger partial charge in [0.15, 0.2) is 0 Å². The molecule has 1 N–H and O–H groups in total. The molecular formula is C31H39N3O4S. The van der Waals surface area contributed by atoms with Crippen LogP contribution < -0.4 is 9.62 Å². The minimum absolute atomic E-state index is 0.0452. The van der Waals surface area contributed by atoms with Crippen LogP contribution in [0.5, 0.6) is 0 Å². The van der Waals surface area contributed by atoms with Crippen LogP contribution in [0.4, 0.5) is 5.69 Å². The third kappa shape index (κ3) is 7.69. The van der Waals surface area contributed by atoms with Gasteiger partial charge in [-0.2, -0.15) is 0 Å². The zero-order valence-corrected chi connectivity index (χ0v) is 24.2. The first kappa shape index (κ1) is 29.9. The molecule has 0 bridgehead atoms. The molecule has 0 aliphatic rings. The molecule has 0 saturated heterocycles. The Morgan fingerprint density at radius 3 is 2.10 bits per heavy atom. The van der Waals surface area contributed by atoms with Crippen LogP contribution >= 0.6 is 0 Å². The Kier molecular flexibility index (Phi) is 10.3. The maximum absolute atomic E-state index is 13.9. The lowest BCUT2D eigenvalue weighted by molar-refractivity contribution is -0.139. The molecule has 3 aromatic rings. The fourth-order valence-electron chi connectivity index (χ4n) is 4.35. The Morgan fingerprint density at radius 2 is 1.51 bits per heavy atom. The molecule has 0 radical (unpaired) electrons. The summed E-state index contributed by atoms with van der Waals surface area (Å²) in [5.74, 6) is -0.716. The second-order valence-corrected chi connectivity index (χ2v) is 11.8. The molecule has 0 aliphatic heterocycles. The van der Waals surface area contributed by atoms with E-state index in [9.17, 15) is 18.0 Å². The normalized spacial score (nSPS) is 12.8. The van der Waals surface area contributed by atoms with E-state index in [2.05, 4.69) is 5.32 Å². The van der Waals surface area contributed by atoms with Crippen LogP contribution in [0, 0.1) is 13.8 Å². The molecule has 208 valence electrons. The SMILES string of the molecule is CC[C@@H](C)NC(=O)[C@H](C)N(CCc1ccccc1)C(=O)CN(c1ccc(C)cc1C)S(=O)(=O)c1ccccc1. The number of nitrogens with one attached hydrogen (secondary N) is 1. The van der Waals surface area contributed by atoms with Crippen LogP contribution in [-0.2, 0) is 26.0 Å². The van der Waals surface area contributed by atoms with Gasteiger partial charge < -0.3 is 10.2 Å². The maximum Gasteiger partial charge on any atom is 0.264 e. The quantitative estimate of drug-likeness (QED) is 0.349. The second kappa shape index (κ2) is 13.4. The number of sulfonamides is 1. The third-order valence-corrected chi connectivity index (χ3v) is 8.66. The smallest absolute Gasteiger partial charge is 0.264 e. The number of aryl methyl sites for hydroxylation is 2. The number of anilines is 1. The van der Waals surface area contributed by atoms with Crippen LogP contribution in [-0.4, -0.2) is 50.3 Å². The first-order chi connectivity index (χ1) is 18.5. The highest BCUT2D eigenvalue weighted by atomic mass is 32.2. The van der Waals surface area contributed by atoms with Crippen molar-refractivity contribution in [2.24, 2.45) is 0 Å². The van der Waals surface area contributed by atoms with Crippen molar-refractivity contribution in [1.82, 2.24) is 10.2 Å². The number of nitrogens with zero attached hydrogens (tertiary/aromatic N) is 2. The first-order valence-electron chi connectivity index (χ1n) is 13.3. The van der Waals surface area contributed by atoms with Crippen LogP contribution in [0.3, 0.4) is 0 Å². The molecule has 0 unspecified atom stereocenters. The fourth-order valence-corrected chi connectivity index (χ4v) is 5.85. The molecule has 0 aliphatic carbocycles. The average Bonchev–Trinajstić information content (AvgIpc) is 2.93. The lowest BCUT2D eigenvalue weighted by Gasteiger charge is -2.33. The van der Waals surface area contributed by atoms with Crippen molar-refractivity contribution in [3.05, 3.63) is 95.6 Å². The predicted octanol–water partition coefficient (Wildman–Crippen LogP) is 4.87. The fraction of sp³-hybridized carbons (Fsp3) is 0.355. The van der Waals surface area contributed by atoms with Crippen molar-refractivity contribution < 1.29 is 18.0 Å². The van der Waals surface area contributed by atoms with E-state index in [1.165, 1.54) is 17.0 Å². The van der Waals surface area contributed by atoms with Gasteiger partial charge in [-0.3, -0.25) is 13.9 Å². The van der Waals surface area contributed by atoms with Gasteiger partial charge in [0.1, 0.15) is 12.6 Å². The minimum Gasteiger partial charge on any atom is -0.352 e. The Hall–Kier alpha value is -3.65. The molecule has 0 spiro atoms. The summed E-state index contributed by atoms with van der Waals surface area (Å²) in [6.45, 7) is 9.17. The molecule has 0 aromatic heterocycles. The topological polar surface area (TPSA) is 86.8 Å². The number of carbonyl (C=O) groups is 2. The van der Waals surface area contributed by atoms with Gasteiger partial charge in [0.2, 0.25) is 11.8 Å². The second-order valence-electron chi connectivity index (χ2n) is 9.93. The predicted molar refractivity (Wildman–Crippen MR) is 156 cm³/mol. The van der Waals surface area contributed by atoms with E-state index in [1.54, 1.807) is 31.2 Å². The summed E-state index contributed by atoms with van der Waals surface area (Å²) < 4.78 is 28.9. The summed E-state index contributed by atoms with van der Waals surface area (Å²) in [6, 6.07) is 22.4. The number of rotatable bonds is 12. The summed E-state index contributed by atoms with van der Waals surface area (Å²) in [5, 5.41) is 2.95. The lowest BCUT2D eigenvalue weighted by atomic mass is 10.1. The van der Waals surface area contributed by atoms with Gasteiger partial charge in [-0.05, 0) is 69.9 Å².